The number of hydrogen-bond acceptors (Lipinski definition) is 4. The maximum atomic E-state index is 9.23. The van der Waals surface area contributed by atoms with E-state index in [2.05, 4.69) is 4.74 Å². The molecule has 6 heteroatoms. The van der Waals surface area contributed by atoms with Crippen molar-refractivity contribution in [2.75, 3.05) is 13.2 Å². The third kappa shape index (κ3) is 44.7. The summed E-state index contributed by atoms with van der Waals surface area (Å²) in [4.78, 5) is 17.6. The average molecular weight is 159 g/mol. The molecular formula is C4H8NaO5. The molecule has 0 aliphatic heterocycles. The summed E-state index contributed by atoms with van der Waals surface area (Å²) in [5.41, 5.74) is 0. The second-order valence-electron chi connectivity index (χ2n) is 0.796. The Bertz CT molecular complexity index is 66.7. The van der Waals surface area contributed by atoms with E-state index in [-0.39, 0.29) is 49.2 Å². The van der Waals surface area contributed by atoms with Crippen molar-refractivity contribution in [2.45, 2.75) is 0 Å². The molecule has 0 atom stereocenters. The fourth-order valence-electron chi connectivity index (χ4n) is 0.101. The molecule has 0 spiro atoms. The maximum absolute atomic E-state index is 9.23. The van der Waals surface area contributed by atoms with Crippen molar-refractivity contribution in [3.63, 3.8) is 0 Å². The van der Waals surface area contributed by atoms with Gasteiger partial charge in [-0.25, -0.2) is 0 Å². The standard InChI is InChI=1S/C3H6O3.CH2O2.Na/c4-1-2-6-3-5;2-1-3;/h3-4H,1-2H2;1H,(H,2,3);. The zero-order valence-electron chi connectivity index (χ0n) is 5.69. The molecular weight excluding hydrogens is 151 g/mol. The van der Waals surface area contributed by atoms with Crippen LogP contribution in [-0.4, -0.2) is 65.9 Å². The van der Waals surface area contributed by atoms with Crippen LogP contribution in [0.1, 0.15) is 0 Å². The Hall–Kier alpha value is -0.100. The van der Waals surface area contributed by atoms with Crippen LogP contribution in [0.2, 0.25) is 0 Å². The predicted molar refractivity (Wildman–Crippen MR) is 33.5 cm³/mol. The molecule has 0 saturated heterocycles. The summed E-state index contributed by atoms with van der Waals surface area (Å²) in [5.74, 6) is 0. The summed E-state index contributed by atoms with van der Waals surface area (Å²) in [6.07, 6.45) is 0. The van der Waals surface area contributed by atoms with Gasteiger partial charge in [-0.05, 0) is 0 Å². The third-order valence-electron chi connectivity index (χ3n) is 0.277. The first-order chi connectivity index (χ1) is 4.33. The molecule has 5 nitrogen and oxygen atoms in total. The van der Waals surface area contributed by atoms with E-state index in [0.29, 0.717) is 6.47 Å². The van der Waals surface area contributed by atoms with Crippen LogP contribution in [0.3, 0.4) is 0 Å². The smallest absolute Gasteiger partial charge is 0.293 e. The molecule has 0 aliphatic carbocycles. The van der Waals surface area contributed by atoms with Crippen molar-refractivity contribution in [1.29, 1.82) is 0 Å². The van der Waals surface area contributed by atoms with Gasteiger partial charge in [0.2, 0.25) is 0 Å². The van der Waals surface area contributed by atoms with E-state index in [0.717, 1.165) is 0 Å². The number of carbonyl (C=O) groups excluding carboxylic acids is 1. The Morgan fingerprint density at radius 1 is 1.40 bits per heavy atom. The molecule has 1 radical (unpaired) electrons. The van der Waals surface area contributed by atoms with Crippen LogP contribution in [0, 0.1) is 0 Å². The topological polar surface area (TPSA) is 83.8 Å². The minimum absolute atomic E-state index is 0. The van der Waals surface area contributed by atoms with Crippen molar-refractivity contribution >= 4 is 42.5 Å². The second-order valence-corrected chi connectivity index (χ2v) is 0.796. The Balaban J connectivity index is -0.000000107. The van der Waals surface area contributed by atoms with E-state index < -0.39 is 0 Å². The first kappa shape index (κ1) is 16.5. The number of carbonyl (C=O) groups is 2. The van der Waals surface area contributed by atoms with Gasteiger partial charge in [0.15, 0.2) is 0 Å². The molecule has 0 heterocycles. The zero-order valence-corrected chi connectivity index (χ0v) is 7.69. The van der Waals surface area contributed by atoms with Gasteiger partial charge in [-0.3, -0.25) is 9.59 Å². The van der Waals surface area contributed by atoms with Gasteiger partial charge in [0.05, 0.1) is 6.61 Å². The SMILES string of the molecule is O=CO.O=COCCO.[Na]. The van der Waals surface area contributed by atoms with Gasteiger partial charge in [-0.1, -0.05) is 0 Å². The third-order valence-corrected chi connectivity index (χ3v) is 0.277. The van der Waals surface area contributed by atoms with Crippen molar-refractivity contribution in [3.05, 3.63) is 0 Å². The number of ether oxygens (including phenoxy) is 1. The van der Waals surface area contributed by atoms with Crippen LogP contribution in [0.5, 0.6) is 0 Å². The number of carboxylic acid groups (broad SMARTS) is 1. The number of hydrogen-bond donors (Lipinski definition) is 2. The van der Waals surface area contributed by atoms with Gasteiger partial charge in [0.1, 0.15) is 6.61 Å². The fourth-order valence-corrected chi connectivity index (χ4v) is 0.101. The van der Waals surface area contributed by atoms with Gasteiger partial charge < -0.3 is 14.9 Å². The Labute approximate surface area is 80.3 Å². The molecule has 0 unspecified atom stereocenters. The Morgan fingerprint density at radius 2 is 1.80 bits per heavy atom. The number of aliphatic hydroxyl groups excluding tert-OH is 1. The monoisotopic (exact) mass is 159 g/mol. The molecule has 0 aromatic carbocycles. The molecule has 0 aromatic heterocycles. The van der Waals surface area contributed by atoms with Crippen molar-refractivity contribution in [3.8, 4) is 0 Å². The molecule has 0 aliphatic rings. The summed E-state index contributed by atoms with van der Waals surface area (Å²) in [5, 5.41) is 14.8. The molecule has 10 heavy (non-hydrogen) atoms. The molecule has 0 bridgehead atoms. The molecule has 0 saturated carbocycles. The average Bonchev–Trinajstić information content (AvgIpc) is 1.86. The van der Waals surface area contributed by atoms with Gasteiger partial charge in [-0.2, -0.15) is 0 Å². The largest absolute Gasteiger partial charge is 0.483 e. The van der Waals surface area contributed by atoms with Crippen molar-refractivity contribution < 1.29 is 24.5 Å². The van der Waals surface area contributed by atoms with Crippen molar-refractivity contribution in [2.24, 2.45) is 0 Å². The van der Waals surface area contributed by atoms with E-state index >= 15 is 0 Å². The summed E-state index contributed by atoms with van der Waals surface area (Å²) in [7, 11) is 0. The van der Waals surface area contributed by atoms with Gasteiger partial charge in [-0.15, -0.1) is 0 Å². The van der Waals surface area contributed by atoms with Crippen LogP contribution in [0.15, 0.2) is 0 Å². The van der Waals surface area contributed by atoms with Crippen LogP contribution in [-0.2, 0) is 14.3 Å². The number of aliphatic hydroxyl groups is 1. The Morgan fingerprint density at radius 3 is 1.90 bits per heavy atom. The van der Waals surface area contributed by atoms with E-state index in [1.54, 1.807) is 0 Å². The normalized spacial score (nSPS) is 5.70. The minimum atomic E-state index is -0.250. The van der Waals surface area contributed by atoms with E-state index in [1.807, 2.05) is 0 Å². The molecule has 55 valence electrons. The van der Waals surface area contributed by atoms with Gasteiger partial charge in [0.25, 0.3) is 12.9 Å². The minimum Gasteiger partial charge on any atom is -0.483 e. The van der Waals surface area contributed by atoms with Gasteiger partial charge in [0, 0.05) is 29.6 Å². The Kier molecular flexibility index (Phi) is 38.1. The van der Waals surface area contributed by atoms with E-state index in [4.69, 9.17) is 15.0 Å². The molecule has 0 fully saturated rings. The summed E-state index contributed by atoms with van der Waals surface area (Å²) < 4.78 is 4.05. The van der Waals surface area contributed by atoms with Crippen LogP contribution >= 0.6 is 0 Å². The summed E-state index contributed by atoms with van der Waals surface area (Å²) >= 11 is 0. The van der Waals surface area contributed by atoms with E-state index in [9.17, 15) is 4.79 Å². The van der Waals surface area contributed by atoms with Crippen LogP contribution < -0.4 is 0 Å². The second kappa shape index (κ2) is 23.1. The molecule has 0 amide bonds. The first-order valence-electron chi connectivity index (χ1n) is 2.07. The van der Waals surface area contributed by atoms with E-state index in [1.165, 1.54) is 0 Å². The maximum Gasteiger partial charge on any atom is 0.293 e. The van der Waals surface area contributed by atoms with Crippen molar-refractivity contribution in [1.82, 2.24) is 0 Å². The molecule has 0 rings (SSSR count). The first-order valence-corrected chi connectivity index (χ1v) is 2.07. The van der Waals surface area contributed by atoms with Crippen LogP contribution in [0.25, 0.3) is 0 Å². The number of rotatable bonds is 3. The zero-order chi connectivity index (χ0) is 7.54. The summed E-state index contributed by atoms with van der Waals surface area (Å²) in [6, 6.07) is 0. The summed E-state index contributed by atoms with van der Waals surface area (Å²) in [6.45, 7) is 0.0540. The molecule has 2 N–H and O–H groups in total. The van der Waals surface area contributed by atoms with Gasteiger partial charge >= 0.3 is 0 Å². The quantitative estimate of drug-likeness (QED) is 0.296. The van der Waals surface area contributed by atoms with Crippen LogP contribution in [0.4, 0.5) is 0 Å². The predicted octanol–water partition coefficient (Wildman–Crippen LogP) is -1.53. The molecule has 0 aromatic rings. The fraction of sp³-hybridized carbons (Fsp3) is 0.500.